The number of rotatable bonds is 22. The third-order valence-corrected chi connectivity index (χ3v) is 9.06. The van der Waals surface area contributed by atoms with E-state index in [2.05, 4.69) is 34.9 Å². The number of hydrogen-bond donors (Lipinski definition) is 3. The topological polar surface area (TPSA) is 128 Å². The average Bonchev–Trinajstić information content (AvgIpc) is 3.39. The number of benzene rings is 4. The molecule has 2 amide bonds. The highest BCUT2D eigenvalue weighted by atomic mass is 35.5. The molecule has 0 aromatic heterocycles. The maximum Gasteiger partial charge on any atom is 0.422 e. The van der Waals surface area contributed by atoms with Crippen molar-refractivity contribution in [2.24, 2.45) is 0 Å². The van der Waals surface area contributed by atoms with Gasteiger partial charge < -0.3 is 39.4 Å². The smallest absolute Gasteiger partial charge is 0.422 e. The molecule has 0 radical (unpaired) electrons. The van der Waals surface area contributed by atoms with Crippen LogP contribution >= 0.6 is 23.2 Å². The highest BCUT2D eigenvalue weighted by molar-refractivity contribution is 6.35. The predicted octanol–water partition coefficient (Wildman–Crippen LogP) is 7.01. The standard InChI is InChI=1S/C41H47Cl2N3O8/c1-3-52-38-36(15-14-35(29-10-6-4-7-11-29)37(38)30-12-8-5-9-13-30)53-28-34(47)27-45-19-21-51-23-22-50-20-18-44-17-16-41(2)39(48)46(40(49)54-41)33-25-31(42)24-32(43)26-33/h4-15,24-26,34,44-45,47H,3,16-23,27-28H2,1-2H3/t34-,41?/m1/s1. The lowest BCUT2D eigenvalue weighted by molar-refractivity contribution is -0.129. The van der Waals surface area contributed by atoms with E-state index in [1.54, 1.807) is 6.92 Å². The van der Waals surface area contributed by atoms with E-state index < -0.39 is 23.7 Å². The van der Waals surface area contributed by atoms with Crippen LogP contribution < -0.4 is 25.0 Å². The van der Waals surface area contributed by atoms with Gasteiger partial charge in [-0.05, 0) is 67.4 Å². The van der Waals surface area contributed by atoms with Gasteiger partial charge in [0, 0.05) is 41.7 Å². The van der Waals surface area contributed by atoms with Gasteiger partial charge in [-0.1, -0.05) is 83.9 Å². The van der Waals surface area contributed by atoms with Crippen LogP contribution in [0.15, 0.2) is 91.0 Å². The number of nitrogens with one attached hydrogen (secondary N) is 2. The second-order valence-electron chi connectivity index (χ2n) is 12.7. The lowest BCUT2D eigenvalue weighted by Crippen LogP contribution is -2.41. The Morgan fingerprint density at radius 1 is 0.796 bits per heavy atom. The molecule has 1 aliphatic rings. The van der Waals surface area contributed by atoms with Crippen LogP contribution in [0.4, 0.5) is 10.5 Å². The van der Waals surface area contributed by atoms with E-state index in [-0.39, 0.29) is 18.7 Å². The summed E-state index contributed by atoms with van der Waals surface area (Å²) in [6.45, 7) is 7.68. The van der Waals surface area contributed by atoms with Crippen molar-refractivity contribution in [3.8, 4) is 33.8 Å². The first-order chi connectivity index (χ1) is 26.2. The minimum Gasteiger partial charge on any atom is -0.489 e. The number of halogens is 2. The number of aliphatic hydroxyl groups is 1. The van der Waals surface area contributed by atoms with Crippen LogP contribution in [-0.4, -0.2) is 94.6 Å². The molecule has 2 atom stereocenters. The van der Waals surface area contributed by atoms with E-state index >= 15 is 0 Å². The van der Waals surface area contributed by atoms with Crippen molar-refractivity contribution in [1.82, 2.24) is 10.6 Å². The lowest BCUT2D eigenvalue weighted by Gasteiger charge is -2.21. The molecule has 0 spiro atoms. The Morgan fingerprint density at radius 3 is 2.07 bits per heavy atom. The zero-order chi connectivity index (χ0) is 38.3. The molecule has 0 aliphatic carbocycles. The highest BCUT2D eigenvalue weighted by Crippen LogP contribution is 2.45. The number of amides is 2. The Labute approximate surface area is 326 Å². The molecule has 1 fully saturated rings. The van der Waals surface area contributed by atoms with Crippen LogP contribution in [-0.2, 0) is 19.0 Å². The summed E-state index contributed by atoms with van der Waals surface area (Å²) in [5, 5.41) is 17.7. The third kappa shape index (κ3) is 11.2. The van der Waals surface area contributed by atoms with Crippen LogP contribution in [0.25, 0.3) is 22.3 Å². The van der Waals surface area contributed by atoms with Crippen molar-refractivity contribution in [2.45, 2.75) is 32.0 Å². The Hall–Kier alpha value is -4.20. The summed E-state index contributed by atoms with van der Waals surface area (Å²) < 4.78 is 29.0. The second kappa shape index (κ2) is 20.5. The van der Waals surface area contributed by atoms with Gasteiger partial charge in [0.25, 0.3) is 5.91 Å². The molecule has 1 heterocycles. The number of ether oxygens (including phenoxy) is 5. The minimum atomic E-state index is -1.31. The summed E-state index contributed by atoms with van der Waals surface area (Å²) >= 11 is 12.1. The second-order valence-corrected chi connectivity index (χ2v) is 13.6. The molecular weight excluding hydrogens is 733 g/mol. The molecule has 0 bridgehead atoms. The van der Waals surface area contributed by atoms with Gasteiger partial charge in [-0.15, -0.1) is 0 Å². The first-order valence-corrected chi connectivity index (χ1v) is 18.8. The third-order valence-electron chi connectivity index (χ3n) is 8.62. The van der Waals surface area contributed by atoms with Gasteiger partial charge in [-0.25, -0.2) is 9.69 Å². The van der Waals surface area contributed by atoms with Crippen LogP contribution in [0.2, 0.25) is 10.0 Å². The molecule has 54 heavy (non-hydrogen) atoms. The molecule has 3 N–H and O–H groups in total. The first kappa shape index (κ1) is 41.0. The fraction of sp³-hybridized carbons (Fsp3) is 0.366. The number of carbonyl (C=O) groups excluding carboxylic acids is 2. The minimum absolute atomic E-state index is 0.0895. The fourth-order valence-electron chi connectivity index (χ4n) is 5.94. The fourth-order valence-corrected chi connectivity index (χ4v) is 6.46. The molecule has 1 saturated heterocycles. The molecule has 288 valence electrons. The van der Waals surface area contributed by atoms with Crippen LogP contribution in [0.5, 0.6) is 11.5 Å². The van der Waals surface area contributed by atoms with Crippen molar-refractivity contribution in [2.75, 3.05) is 70.7 Å². The van der Waals surface area contributed by atoms with Crippen LogP contribution in [0.3, 0.4) is 0 Å². The monoisotopic (exact) mass is 779 g/mol. The van der Waals surface area contributed by atoms with Crippen molar-refractivity contribution in [3.05, 3.63) is 101 Å². The Morgan fingerprint density at radius 2 is 1.43 bits per heavy atom. The van der Waals surface area contributed by atoms with Crippen molar-refractivity contribution >= 4 is 40.9 Å². The number of hydrogen-bond acceptors (Lipinski definition) is 10. The maximum atomic E-state index is 13.0. The molecular formula is C41H47Cl2N3O8. The quantitative estimate of drug-likeness (QED) is 0.0717. The number of cyclic esters (lactones) is 1. The van der Waals surface area contributed by atoms with E-state index in [1.807, 2.05) is 55.5 Å². The number of anilines is 1. The van der Waals surface area contributed by atoms with Crippen LogP contribution in [0.1, 0.15) is 20.3 Å². The Balaban J connectivity index is 0.943. The number of nitrogens with zero attached hydrogens (tertiary/aromatic N) is 1. The zero-order valence-electron chi connectivity index (χ0n) is 30.5. The van der Waals surface area contributed by atoms with E-state index in [4.69, 9.17) is 46.9 Å². The summed E-state index contributed by atoms with van der Waals surface area (Å²) in [5.41, 5.74) is 3.03. The summed E-state index contributed by atoms with van der Waals surface area (Å²) in [5.74, 6) is 0.744. The van der Waals surface area contributed by atoms with Gasteiger partial charge in [0.05, 0.1) is 38.7 Å². The van der Waals surface area contributed by atoms with Gasteiger partial charge in [0.1, 0.15) is 12.7 Å². The Kier molecular flexibility index (Phi) is 15.5. The summed E-state index contributed by atoms with van der Waals surface area (Å²) in [6, 6.07) is 28.7. The molecule has 1 unspecified atom stereocenters. The van der Waals surface area contributed by atoms with Crippen molar-refractivity contribution in [1.29, 1.82) is 0 Å². The molecule has 13 heteroatoms. The Bertz CT molecular complexity index is 1800. The molecule has 0 saturated carbocycles. The molecule has 5 rings (SSSR count). The van der Waals surface area contributed by atoms with E-state index in [9.17, 15) is 14.7 Å². The molecule has 11 nitrogen and oxygen atoms in total. The van der Waals surface area contributed by atoms with Gasteiger partial charge in [0.2, 0.25) is 0 Å². The van der Waals surface area contributed by atoms with Gasteiger partial charge >= 0.3 is 6.09 Å². The first-order valence-electron chi connectivity index (χ1n) is 18.0. The summed E-state index contributed by atoms with van der Waals surface area (Å²) in [4.78, 5) is 26.5. The normalized spacial score (nSPS) is 16.1. The number of carbonyl (C=O) groups is 2. The summed E-state index contributed by atoms with van der Waals surface area (Å²) in [7, 11) is 0. The van der Waals surface area contributed by atoms with E-state index in [1.165, 1.54) is 18.2 Å². The van der Waals surface area contributed by atoms with E-state index in [0.29, 0.717) is 80.8 Å². The van der Waals surface area contributed by atoms with Crippen molar-refractivity contribution in [3.63, 3.8) is 0 Å². The van der Waals surface area contributed by atoms with E-state index in [0.717, 1.165) is 27.2 Å². The number of aliphatic hydroxyl groups excluding tert-OH is 1. The molecule has 4 aromatic rings. The number of imide groups is 1. The average molecular weight is 781 g/mol. The maximum absolute atomic E-state index is 13.0. The summed E-state index contributed by atoms with van der Waals surface area (Å²) in [6.07, 6.45) is -1.23. The predicted molar refractivity (Wildman–Crippen MR) is 211 cm³/mol. The van der Waals surface area contributed by atoms with Gasteiger partial charge in [-0.3, -0.25) is 4.79 Å². The highest BCUT2D eigenvalue weighted by Gasteiger charge is 2.51. The van der Waals surface area contributed by atoms with Gasteiger partial charge in [-0.2, -0.15) is 0 Å². The molecule has 4 aromatic carbocycles. The molecule has 1 aliphatic heterocycles. The SMILES string of the molecule is CCOc1c(OC[C@H](O)CNCCOCCOCCNCCC2(C)OC(=O)N(c3cc(Cl)cc(Cl)c3)C2=O)ccc(-c2ccccc2)c1-c1ccccc1. The largest absolute Gasteiger partial charge is 0.489 e. The lowest BCUT2D eigenvalue weighted by atomic mass is 9.93. The van der Waals surface area contributed by atoms with Crippen molar-refractivity contribution < 1.29 is 38.4 Å². The van der Waals surface area contributed by atoms with Crippen LogP contribution in [0, 0.1) is 0 Å². The van der Waals surface area contributed by atoms with Gasteiger partial charge in [0.15, 0.2) is 17.1 Å². The zero-order valence-corrected chi connectivity index (χ0v) is 32.0.